The number of hydrogen-bond donors (Lipinski definition) is 3. The first-order valence-corrected chi connectivity index (χ1v) is 16.3. The lowest BCUT2D eigenvalue weighted by Crippen LogP contribution is -2.59. The normalized spacial score (nSPS) is 14.7. The number of rotatable bonds is 15. The van der Waals surface area contributed by atoms with Gasteiger partial charge in [-0.2, -0.15) is 8.78 Å². The van der Waals surface area contributed by atoms with Crippen LogP contribution in [-0.2, 0) is 49.7 Å². The van der Waals surface area contributed by atoms with Crippen LogP contribution in [0.3, 0.4) is 0 Å². The highest BCUT2D eigenvalue weighted by Crippen LogP contribution is 2.28. The molecule has 1 aliphatic rings. The standard InChI is InChI=1S/C37H43F2N3O7/c1-4-48-35(46)37(38,39)33(44)30(19-25-13-7-5-8-14-25)40-31(43)22-42(29-20-27-17-11-12-18-28(27)21-29)34(45)32(24(2)3)41-36(47)49-23-26-15-9-6-10-16-26/h5-18,24,29-30,32-33,44H,4,19-23H2,1-3H3,(H,40,43)(H,41,47)/t30-,32-,33?/m0/s1. The van der Waals surface area contributed by atoms with Crippen LogP contribution in [0.1, 0.15) is 43.0 Å². The lowest BCUT2D eigenvalue weighted by atomic mass is 9.96. The lowest BCUT2D eigenvalue weighted by Gasteiger charge is -2.34. The molecule has 262 valence electrons. The molecule has 1 unspecified atom stereocenters. The lowest BCUT2D eigenvalue weighted by molar-refractivity contribution is -0.191. The van der Waals surface area contributed by atoms with E-state index in [1.165, 1.54) is 11.8 Å². The van der Waals surface area contributed by atoms with Gasteiger partial charge in [0, 0.05) is 6.04 Å². The van der Waals surface area contributed by atoms with Gasteiger partial charge in [-0.05, 0) is 54.4 Å². The van der Waals surface area contributed by atoms with E-state index in [2.05, 4.69) is 15.4 Å². The van der Waals surface area contributed by atoms with Gasteiger partial charge in [-0.3, -0.25) is 9.59 Å². The van der Waals surface area contributed by atoms with Gasteiger partial charge in [-0.1, -0.05) is 98.8 Å². The number of aliphatic hydroxyl groups is 1. The molecular formula is C37H43F2N3O7. The number of aliphatic hydroxyl groups excluding tert-OH is 1. The van der Waals surface area contributed by atoms with Crippen molar-refractivity contribution in [2.75, 3.05) is 13.2 Å². The third-order valence-corrected chi connectivity index (χ3v) is 8.43. The van der Waals surface area contributed by atoms with Gasteiger partial charge >= 0.3 is 18.0 Å². The van der Waals surface area contributed by atoms with E-state index in [-0.39, 0.29) is 19.6 Å². The number of nitrogens with zero attached hydrogens (tertiary/aromatic N) is 1. The summed E-state index contributed by atoms with van der Waals surface area (Å²) in [6.07, 6.45) is -2.85. The number of halogens is 2. The number of alkyl halides is 2. The summed E-state index contributed by atoms with van der Waals surface area (Å²) in [5.41, 5.74) is 3.26. The number of hydrogen-bond acceptors (Lipinski definition) is 7. The van der Waals surface area contributed by atoms with E-state index < -0.39 is 66.5 Å². The Bertz CT molecular complexity index is 1550. The van der Waals surface area contributed by atoms with Gasteiger partial charge in [0.25, 0.3) is 0 Å². The van der Waals surface area contributed by atoms with Crippen molar-refractivity contribution in [3.63, 3.8) is 0 Å². The zero-order chi connectivity index (χ0) is 35.6. The average Bonchev–Trinajstić information content (AvgIpc) is 3.53. The third-order valence-electron chi connectivity index (χ3n) is 8.43. The van der Waals surface area contributed by atoms with Gasteiger partial charge in [0.1, 0.15) is 18.8 Å². The van der Waals surface area contributed by atoms with Crippen LogP contribution >= 0.6 is 0 Å². The van der Waals surface area contributed by atoms with Crippen molar-refractivity contribution in [1.82, 2.24) is 15.5 Å². The Morgan fingerprint density at radius 1 is 0.857 bits per heavy atom. The maximum absolute atomic E-state index is 15.1. The molecule has 10 nitrogen and oxygen atoms in total. The van der Waals surface area contributed by atoms with E-state index in [1.54, 1.807) is 68.4 Å². The molecule has 0 heterocycles. The minimum Gasteiger partial charge on any atom is -0.461 e. The molecule has 0 saturated carbocycles. The second-order valence-corrected chi connectivity index (χ2v) is 12.4. The molecule has 3 amide bonds. The van der Waals surface area contributed by atoms with E-state index in [0.29, 0.717) is 18.4 Å². The maximum atomic E-state index is 15.1. The molecule has 3 aromatic carbocycles. The second-order valence-electron chi connectivity index (χ2n) is 12.4. The summed E-state index contributed by atoms with van der Waals surface area (Å²) >= 11 is 0. The molecule has 1 aliphatic carbocycles. The van der Waals surface area contributed by atoms with Crippen LogP contribution in [0, 0.1) is 5.92 Å². The van der Waals surface area contributed by atoms with Crippen LogP contribution < -0.4 is 10.6 Å². The summed E-state index contributed by atoms with van der Waals surface area (Å²) in [7, 11) is 0. The Morgan fingerprint density at radius 3 is 1.96 bits per heavy atom. The predicted octanol–water partition coefficient (Wildman–Crippen LogP) is 4.22. The van der Waals surface area contributed by atoms with Gasteiger partial charge in [0.05, 0.1) is 19.2 Å². The van der Waals surface area contributed by atoms with Gasteiger partial charge < -0.3 is 30.1 Å². The first-order valence-electron chi connectivity index (χ1n) is 16.3. The van der Waals surface area contributed by atoms with E-state index in [4.69, 9.17) is 4.74 Å². The predicted molar refractivity (Wildman–Crippen MR) is 177 cm³/mol. The number of alkyl carbamates (subject to hydrolysis) is 1. The van der Waals surface area contributed by atoms with Gasteiger partial charge in [-0.25, -0.2) is 9.59 Å². The fourth-order valence-corrected chi connectivity index (χ4v) is 5.84. The molecule has 0 bridgehead atoms. The van der Waals surface area contributed by atoms with Crippen LogP contribution in [0.25, 0.3) is 0 Å². The van der Waals surface area contributed by atoms with Crippen LogP contribution in [0.5, 0.6) is 0 Å². The third kappa shape index (κ3) is 9.85. The molecule has 49 heavy (non-hydrogen) atoms. The number of esters is 1. The number of amides is 3. The highest BCUT2D eigenvalue weighted by molar-refractivity contribution is 5.90. The first kappa shape index (κ1) is 37.0. The van der Waals surface area contributed by atoms with Crippen LogP contribution in [-0.4, -0.2) is 77.2 Å². The van der Waals surface area contributed by atoms with Crippen molar-refractivity contribution in [2.24, 2.45) is 5.92 Å². The summed E-state index contributed by atoms with van der Waals surface area (Å²) < 4.78 is 40.0. The van der Waals surface area contributed by atoms with Crippen LogP contribution in [0.15, 0.2) is 84.9 Å². The monoisotopic (exact) mass is 679 g/mol. The quantitative estimate of drug-likeness (QED) is 0.205. The molecule has 0 radical (unpaired) electrons. The maximum Gasteiger partial charge on any atom is 0.408 e. The molecule has 0 spiro atoms. The van der Waals surface area contributed by atoms with Gasteiger partial charge in [-0.15, -0.1) is 0 Å². The molecule has 3 atom stereocenters. The van der Waals surface area contributed by atoms with Crippen LogP contribution in [0.4, 0.5) is 13.6 Å². The van der Waals surface area contributed by atoms with Crippen molar-refractivity contribution < 1.29 is 42.5 Å². The number of fused-ring (bicyclic) bond motifs is 1. The number of ether oxygens (including phenoxy) is 2. The average molecular weight is 680 g/mol. The molecule has 0 fully saturated rings. The SMILES string of the molecule is CCOC(=O)C(F)(F)C(O)[C@H](Cc1ccccc1)NC(=O)CN(C(=O)[C@@H](NC(=O)OCc1ccccc1)C(C)C)C1Cc2ccccc2C1. The van der Waals surface area contributed by atoms with E-state index in [9.17, 15) is 24.3 Å². The Hall–Kier alpha value is -4.84. The summed E-state index contributed by atoms with van der Waals surface area (Å²) in [5.74, 6) is -8.06. The molecule has 0 aromatic heterocycles. The zero-order valence-electron chi connectivity index (χ0n) is 27.8. The summed E-state index contributed by atoms with van der Waals surface area (Å²) in [6.45, 7) is 3.93. The largest absolute Gasteiger partial charge is 0.461 e. The van der Waals surface area contributed by atoms with Crippen molar-refractivity contribution >= 4 is 23.9 Å². The first-order chi connectivity index (χ1) is 23.4. The minimum atomic E-state index is -4.34. The molecular weight excluding hydrogens is 636 g/mol. The Labute approximate surface area is 284 Å². The smallest absolute Gasteiger partial charge is 0.408 e. The Morgan fingerprint density at radius 2 is 1.41 bits per heavy atom. The van der Waals surface area contributed by atoms with E-state index >= 15 is 8.78 Å². The van der Waals surface area contributed by atoms with Crippen molar-refractivity contribution in [2.45, 2.75) is 76.8 Å². The topological polar surface area (TPSA) is 134 Å². The summed E-state index contributed by atoms with van der Waals surface area (Å²) in [5, 5.41) is 15.9. The molecule has 0 saturated heterocycles. The number of carbonyl (C=O) groups is 4. The fourth-order valence-electron chi connectivity index (χ4n) is 5.84. The molecule has 3 N–H and O–H groups in total. The number of benzene rings is 3. The van der Waals surface area contributed by atoms with Crippen LogP contribution in [0.2, 0.25) is 0 Å². The zero-order valence-corrected chi connectivity index (χ0v) is 27.8. The van der Waals surface area contributed by atoms with Crippen molar-refractivity contribution in [3.05, 3.63) is 107 Å². The van der Waals surface area contributed by atoms with Gasteiger partial charge in [0.15, 0.2) is 0 Å². The minimum absolute atomic E-state index is 0.0166. The van der Waals surface area contributed by atoms with Crippen molar-refractivity contribution in [1.29, 1.82) is 0 Å². The van der Waals surface area contributed by atoms with Crippen molar-refractivity contribution in [3.8, 4) is 0 Å². The Balaban J connectivity index is 1.57. The highest BCUT2D eigenvalue weighted by Gasteiger charge is 2.52. The molecule has 12 heteroatoms. The summed E-state index contributed by atoms with van der Waals surface area (Å²) in [4.78, 5) is 54.2. The fraction of sp³-hybridized carbons (Fsp3) is 0.405. The highest BCUT2D eigenvalue weighted by atomic mass is 19.3. The number of carbonyl (C=O) groups excluding carboxylic acids is 4. The van der Waals surface area contributed by atoms with E-state index in [0.717, 1.165) is 16.7 Å². The number of nitrogens with one attached hydrogen (secondary N) is 2. The molecule has 3 aromatic rings. The van der Waals surface area contributed by atoms with E-state index in [1.807, 2.05) is 30.3 Å². The molecule has 0 aliphatic heterocycles. The Kier molecular flexibility index (Phi) is 12.8. The molecule has 4 rings (SSSR count). The van der Waals surface area contributed by atoms with Gasteiger partial charge in [0.2, 0.25) is 11.8 Å². The summed E-state index contributed by atoms with van der Waals surface area (Å²) in [6, 6.07) is 21.8. The second kappa shape index (κ2) is 17.0.